The van der Waals surface area contributed by atoms with E-state index in [-0.39, 0.29) is 0 Å². The van der Waals surface area contributed by atoms with Gasteiger partial charge in [-0.1, -0.05) is 84.4 Å². The van der Waals surface area contributed by atoms with Crippen molar-refractivity contribution in [1.29, 1.82) is 0 Å². The third-order valence-electron chi connectivity index (χ3n) is 8.02. The molecule has 202 valence electrons. The molecule has 43 heavy (non-hydrogen) atoms. The Labute approximate surface area is 250 Å². The van der Waals surface area contributed by atoms with Crippen LogP contribution in [0.15, 0.2) is 130 Å². The van der Waals surface area contributed by atoms with E-state index in [1.165, 1.54) is 0 Å². The van der Waals surface area contributed by atoms with Crippen LogP contribution in [0.5, 0.6) is 0 Å². The Balaban J connectivity index is 1.28. The number of nitrogens with zero attached hydrogens (tertiary/aromatic N) is 3. The molecule has 5 nitrogen and oxygen atoms in total. The van der Waals surface area contributed by atoms with E-state index in [2.05, 4.69) is 24.3 Å². The van der Waals surface area contributed by atoms with Gasteiger partial charge in [0.15, 0.2) is 17.5 Å². The molecule has 0 aliphatic carbocycles. The molecule has 0 spiro atoms. The highest BCUT2D eigenvalue weighted by Crippen LogP contribution is 2.36. The van der Waals surface area contributed by atoms with E-state index in [4.69, 9.17) is 35.4 Å². The molecule has 0 unspecified atom stereocenters. The number of para-hydroxylation sites is 2. The van der Waals surface area contributed by atoms with Gasteiger partial charge < -0.3 is 8.83 Å². The number of hydrogen-bond acceptors (Lipinski definition) is 5. The van der Waals surface area contributed by atoms with Crippen LogP contribution in [0.2, 0.25) is 5.02 Å². The van der Waals surface area contributed by atoms with E-state index < -0.39 is 0 Å². The fourth-order valence-corrected chi connectivity index (χ4v) is 6.17. The van der Waals surface area contributed by atoms with Crippen molar-refractivity contribution in [1.82, 2.24) is 15.0 Å². The molecule has 0 atom stereocenters. The van der Waals surface area contributed by atoms with Crippen LogP contribution in [-0.4, -0.2) is 15.0 Å². The van der Waals surface area contributed by atoms with Gasteiger partial charge in [0.05, 0.1) is 0 Å². The minimum absolute atomic E-state index is 0.547. The first kappa shape index (κ1) is 24.1. The minimum Gasteiger partial charge on any atom is -0.456 e. The molecule has 0 aliphatic heterocycles. The highest BCUT2D eigenvalue weighted by molar-refractivity contribution is 6.36. The summed E-state index contributed by atoms with van der Waals surface area (Å²) < 4.78 is 12.4. The molecule has 0 fully saturated rings. The average Bonchev–Trinajstić information content (AvgIpc) is 3.62. The quantitative estimate of drug-likeness (QED) is 0.210. The Kier molecular flexibility index (Phi) is 5.18. The van der Waals surface area contributed by atoms with Crippen LogP contribution in [0, 0.1) is 0 Å². The summed E-state index contributed by atoms with van der Waals surface area (Å²) in [5, 5.41) is 6.84. The van der Waals surface area contributed by atoms with Gasteiger partial charge in [-0.2, -0.15) is 0 Å². The summed E-state index contributed by atoms with van der Waals surface area (Å²) in [6.07, 6.45) is 0. The Morgan fingerprint density at radius 3 is 1.44 bits per heavy atom. The lowest BCUT2D eigenvalue weighted by Gasteiger charge is -2.11. The average molecular weight is 574 g/mol. The third kappa shape index (κ3) is 3.83. The van der Waals surface area contributed by atoms with Crippen LogP contribution in [0.3, 0.4) is 0 Å². The lowest BCUT2D eigenvalue weighted by molar-refractivity contribution is 0.668. The first-order chi connectivity index (χ1) is 21.2. The summed E-state index contributed by atoms with van der Waals surface area (Å²) in [6, 6.07) is 40.2. The summed E-state index contributed by atoms with van der Waals surface area (Å²) in [6.45, 7) is 0. The Hall–Kier alpha value is -5.52. The maximum atomic E-state index is 6.57. The third-order valence-corrected chi connectivity index (χ3v) is 8.35. The SMILES string of the molecule is Clc1ccc(-c2nc(-c3ccc4c(c3)oc3ccccc34)nc(-c3ccc4c(c3)oc3ccccc34)n2)c2ccccc12. The van der Waals surface area contributed by atoms with Gasteiger partial charge in [-0.25, -0.2) is 15.0 Å². The molecule has 0 aliphatic rings. The zero-order chi connectivity index (χ0) is 28.5. The van der Waals surface area contributed by atoms with Crippen LogP contribution in [0.25, 0.3) is 88.8 Å². The number of fused-ring (bicyclic) bond motifs is 7. The monoisotopic (exact) mass is 573 g/mol. The van der Waals surface area contributed by atoms with Crippen LogP contribution in [0.4, 0.5) is 0 Å². The number of halogens is 1. The van der Waals surface area contributed by atoms with Crippen LogP contribution < -0.4 is 0 Å². The molecule has 9 aromatic rings. The molecule has 6 aromatic carbocycles. The highest BCUT2D eigenvalue weighted by atomic mass is 35.5. The van der Waals surface area contributed by atoms with E-state index >= 15 is 0 Å². The van der Waals surface area contributed by atoms with E-state index in [0.29, 0.717) is 22.5 Å². The summed E-state index contributed by atoms with van der Waals surface area (Å²) in [5.74, 6) is 1.65. The smallest absolute Gasteiger partial charge is 0.164 e. The first-order valence-electron chi connectivity index (χ1n) is 14.0. The number of hydrogen-bond donors (Lipinski definition) is 0. The molecule has 0 bridgehead atoms. The van der Waals surface area contributed by atoms with Gasteiger partial charge in [-0.3, -0.25) is 0 Å². The zero-order valence-electron chi connectivity index (χ0n) is 22.6. The van der Waals surface area contributed by atoms with Crippen molar-refractivity contribution in [3.8, 4) is 34.2 Å². The number of aromatic nitrogens is 3. The molecule has 9 rings (SSSR count). The van der Waals surface area contributed by atoms with Crippen LogP contribution in [-0.2, 0) is 0 Å². The maximum absolute atomic E-state index is 6.57. The van der Waals surface area contributed by atoms with Gasteiger partial charge in [-0.05, 0) is 53.9 Å². The molecule has 3 heterocycles. The lowest BCUT2D eigenvalue weighted by Crippen LogP contribution is -2.00. The fourth-order valence-electron chi connectivity index (χ4n) is 5.94. The molecule has 3 aromatic heterocycles. The van der Waals surface area contributed by atoms with E-state index in [1.807, 2.05) is 97.1 Å². The molecule has 0 saturated carbocycles. The lowest BCUT2D eigenvalue weighted by atomic mass is 10.0. The molecule has 0 radical (unpaired) electrons. The predicted molar refractivity (Wildman–Crippen MR) is 173 cm³/mol. The van der Waals surface area contributed by atoms with Gasteiger partial charge in [0, 0.05) is 48.6 Å². The standard InChI is InChI=1S/C37H20ClN3O2/c38-30-18-17-29(23-7-1-2-8-24(23)30)37-40-35(21-13-15-27-25-9-3-5-11-31(25)42-33(27)19-21)39-36(41-37)22-14-16-28-26-10-4-6-12-32(26)43-34(28)20-22/h1-20H. The number of benzene rings is 6. The normalized spacial score (nSPS) is 11.8. The van der Waals surface area contributed by atoms with Crippen molar-refractivity contribution in [2.75, 3.05) is 0 Å². The molecule has 0 saturated heterocycles. The summed E-state index contributed by atoms with van der Waals surface area (Å²) >= 11 is 6.57. The van der Waals surface area contributed by atoms with E-state index in [1.54, 1.807) is 0 Å². The first-order valence-corrected chi connectivity index (χ1v) is 14.3. The van der Waals surface area contributed by atoms with Gasteiger partial charge in [0.25, 0.3) is 0 Å². The Morgan fingerprint density at radius 1 is 0.395 bits per heavy atom. The largest absolute Gasteiger partial charge is 0.456 e. The second kappa shape index (κ2) is 9.24. The van der Waals surface area contributed by atoms with Crippen molar-refractivity contribution in [3.63, 3.8) is 0 Å². The summed E-state index contributed by atoms with van der Waals surface area (Å²) in [7, 11) is 0. The van der Waals surface area contributed by atoms with E-state index in [0.717, 1.165) is 71.3 Å². The molecule has 6 heteroatoms. The molecule has 0 N–H and O–H groups in total. The van der Waals surface area contributed by atoms with Crippen molar-refractivity contribution < 1.29 is 8.83 Å². The van der Waals surface area contributed by atoms with Gasteiger partial charge in [0.1, 0.15) is 22.3 Å². The second-order valence-electron chi connectivity index (χ2n) is 10.6. The van der Waals surface area contributed by atoms with Crippen molar-refractivity contribution >= 4 is 66.3 Å². The topological polar surface area (TPSA) is 65.0 Å². The number of furan rings is 2. The second-order valence-corrected chi connectivity index (χ2v) is 11.0. The molecule has 0 amide bonds. The zero-order valence-corrected chi connectivity index (χ0v) is 23.3. The molecular weight excluding hydrogens is 554 g/mol. The predicted octanol–water partition coefficient (Wildman–Crippen LogP) is 10.5. The summed E-state index contributed by atoms with van der Waals surface area (Å²) in [5.41, 5.74) is 5.79. The minimum atomic E-state index is 0.547. The number of rotatable bonds is 3. The highest BCUT2D eigenvalue weighted by Gasteiger charge is 2.17. The fraction of sp³-hybridized carbons (Fsp3) is 0. The van der Waals surface area contributed by atoms with Gasteiger partial charge >= 0.3 is 0 Å². The Morgan fingerprint density at radius 2 is 0.860 bits per heavy atom. The van der Waals surface area contributed by atoms with Crippen LogP contribution >= 0.6 is 11.6 Å². The maximum Gasteiger partial charge on any atom is 0.164 e. The van der Waals surface area contributed by atoms with Gasteiger partial charge in [0.2, 0.25) is 0 Å². The Bertz CT molecular complexity index is 2410. The van der Waals surface area contributed by atoms with Crippen molar-refractivity contribution in [3.05, 3.63) is 126 Å². The summed E-state index contributed by atoms with van der Waals surface area (Å²) in [4.78, 5) is 15.0. The van der Waals surface area contributed by atoms with E-state index in [9.17, 15) is 0 Å². The van der Waals surface area contributed by atoms with Crippen molar-refractivity contribution in [2.24, 2.45) is 0 Å². The van der Waals surface area contributed by atoms with Crippen LogP contribution in [0.1, 0.15) is 0 Å². The van der Waals surface area contributed by atoms with Crippen molar-refractivity contribution in [2.45, 2.75) is 0 Å². The van der Waals surface area contributed by atoms with Gasteiger partial charge in [-0.15, -0.1) is 0 Å². The molecular formula is C37H20ClN3O2.